The molecule has 0 aliphatic rings. The van der Waals surface area contributed by atoms with Crippen molar-refractivity contribution in [2.45, 2.75) is 0 Å². The minimum Gasteiger partial charge on any atom is -0.467 e. The van der Waals surface area contributed by atoms with Crippen LogP contribution in [0.1, 0.15) is 0 Å². The molecule has 0 fully saturated rings. The lowest BCUT2D eigenvalue weighted by atomic mass is 10.2. The summed E-state index contributed by atoms with van der Waals surface area (Å²) in [5.74, 6) is 0.872. The summed E-state index contributed by atoms with van der Waals surface area (Å²) in [6, 6.07) is 8.17. The van der Waals surface area contributed by atoms with Crippen molar-refractivity contribution < 1.29 is 4.74 Å². The van der Waals surface area contributed by atoms with Crippen LogP contribution in [0.2, 0.25) is 0 Å². The fourth-order valence-corrected chi connectivity index (χ4v) is 1.71. The van der Waals surface area contributed by atoms with Crippen molar-refractivity contribution in [3.05, 3.63) is 24.3 Å². The molecule has 7 nitrogen and oxygen atoms in total. The van der Waals surface area contributed by atoms with Crippen LogP contribution in [0.15, 0.2) is 24.3 Å². The summed E-state index contributed by atoms with van der Waals surface area (Å²) in [5, 5.41) is 6.05. The number of para-hydroxylation sites is 2. The van der Waals surface area contributed by atoms with E-state index in [0.29, 0.717) is 11.9 Å². The first-order chi connectivity index (χ1) is 9.63. The summed E-state index contributed by atoms with van der Waals surface area (Å²) in [5.41, 5.74) is 1.95. The van der Waals surface area contributed by atoms with Crippen LogP contribution in [-0.4, -0.2) is 43.2 Å². The lowest BCUT2D eigenvalue weighted by Crippen LogP contribution is -2.12. The zero-order chi connectivity index (χ0) is 14.5. The van der Waals surface area contributed by atoms with E-state index in [9.17, 15) is 0 Å². The second-order valence-electron chi connectivity index (χ2n) is 4.26. The third kappa shape index (κ3) is 3.05. The quantitative estimate of drug-likeness (QED) is 0.860. The Hall–Kier alpha value is -2.57. The molecule has 7 heteroatoms. The number of ether oxygens (including phenoxy) is 1. The van der Waals surface area contributed by atoms with Crippen LogP contribution in [0.5, 0.6) is 6.01 Å². The van der Waals surface area contributed by atoms with Gasteiger partial charge in [0.1, 0.15) is 0 Å². The molecule has 0 bridgehead atoms. The molecule has 1 aromatic carbocycles. The molecular weight excluding hydrogens is 256 g/mol. The van der Waals surface area contributed by atoms with Crippen molar-refractivity contribution in [1.29, 1.82) is 0 Å². The second-order valence-corrected chi connectivity index (χ2v) is 4.26. The maximum absolute atomic E-state index is 5.06. The topological polar surface area (TPSA) is 75.2 Å². The molecule has 0 saturated carbocycles. The van der Waals surface area contributed by atoms with Crippen molar-refractivity contribution in [1.82, 2.24) is 15.0 Å². The molecule has 106 valence electrons. The lowest BCUT2D eigenvalue weighted by Gasteiger charge is -2.17. The number of hydrogen-bond acceptors (Lipinski definition) is 7. The van der Waals surface area contributed by atoms with Crippen molar-refractivity contribution in [3.8, 4) is 6.01 Å². The Morgan fingerprint density at radius 1 is 1.05 bits per heavy atom. The molecular formula is C13H18N6O. The fourth-order valence-electron chi connectivity index (χ4n) is 1.71. The normalized spacial score (nSPS) is 10.0. The predicted molar refractivity (Wildman–Crippen MR) is 80.0 cm³/mol. The van der Waals surface area contributed by atoms with E-state index in [4.69, 9.17) is 4.74 Å². The van der Waals surface area contributed by atoms with Crippen molar-refractivity contribution in [2.75, 3.05) is 43.8 Å². The van der Waals surface area contributed by atoms with E-state index in [1.807, 2.05) is 43.3 Å². The number of anilines is 4. The van der Waals surface area contributed by atoms with Gasteiger partial charge in [0.2, 0.25) is 11.9 Å². The SMILES string of the molecule is CNc1nc(Nc2ccccc2N(C)C)nc(OC)n1. The van der Waals surface area contributed by atoms with E-state index in [2.05, 4.69) is 25.6 Å². The number of aromatic nitrogens is 3. The van der Waals surface area contributed by atoms with Crippen LogP contribution in [0.25, 0.3) is 0 Å². The van der Waals surface area contributed by atoms with E-state index < -0.39 is 0 Å². The van der Waals surface area contributed by atoms with Crippen LogP contribution in [0.4, 0.5) is 23.3 Å². The average Bonchev–Trinajstić information content (AvgIpc) is 2.47. The smallest absolute Gasteiger partial charge is 0.322 e. The van der Waals surface area contributed by atoms with Crippen LogP contribution in [-0.2, 0) is 0 Å². The van der Waals surface area contributed by atoms with Gasteiger partial charge in [-0.25, -0.2) is 0 Å². The number of rotatable bonds is 5. The molecule has 20 heavy (non-hydrogen) atoms. The molecule has 0 spiro atoms. The Bertz CT molecular complexity index is 565. The molecule has 0 atom stereocenters. The Labute approximate surface area is 118 Å². The largest absolute Gasteiger partial charge is 0.467 e. The van der Waals surface area contributed by atoms with Crippen LogP contribution < -0.4 is 20.3 Å². The highest BCUT2D eigenvalue weighted by molar-refractivity contribution is 5.73. The number of benzene rings is 1. The monoisotopic (exact) mass is 274 g/mol. The highest BCUT2D eigenvalue weighted by Crippen LogP contribution is 2.26. The standard InChI is InChI=1S/C13H18N6O/c1-14-11-16-12(18-13(17-11)20-4)15-9-7-5-6-8-10(9)19(2)3/h5-8H,1-4H3,(H2,14,15,16,17,18). The maximum atomic E-state index is 5.06. The van der Waals surface area contributed by atoms with Gasteiger partial charge < -0.3 is 20.3 Å². The van der Waals surface area contributed by atoms with Gasteiger partial charge in [0.25, 0.3) is 0 Å². The molecule has 2 aromatic rings. The van der Waals surface area contributed by atoms with Crippen molar-refractivity contribution in [2.24, 2.45) is 0 Å². The fraction of sp³-hybridized carbons (Fsp3) is 0.308. The Kier molecular flexibility index (Phi) is 4.19. The highest BCUT2D eigenvalue weighted by atomic mass is 16.5. The average molecular weight is 274 g/mol. The summed E-state index contributed by atoms with van der Waals surface area (Å²) in [4.78, 5) is 14.5. The predicted octanol–water partition coefficient (Wildman–Crippen LogP) is 1.73. The van der Waals surface area contributed by atoms with E-state index in [1.165, 1.54) is 7.11 Å². The minimum atomic E-state index is 0.259. The number of hydrogen-bond donors (Lipinski definition) is 2. The summed E-state index contributed by atoms with van der Waals surface area (Å²) < 4.78 is 5.06. The molecule has 1 aromatic heterocycles. The molecule has 0 aliphatic carbocycles. The van der Waals surface area contributed by atoms with Gasteiger partial charge >= 0.3 is 6.01 Å². The first-order valence-electron chi connectivity index (χ1n) is 6.15. The highest BCUT2D eigenvalue weighted by Gasteiger charge is 2.09. The van der Waals surface area contributed by atoms with Gasteiger partial charge in [-0.3, -0.25) is 0 Å². The van der Waals surface area contributed by atoms with E-state index in [-0.39, 0.29) is 6.01 Å². The van der Waals surface area contributed by atoms with Crippen molar-refractivity contribution in [3.63, 3.8) is 0 Å². The molecule has 0 amide bonds. The Morgan fingerprint density at radius 3 is 2.40 bits per heavy atom. The third-order valence-electron chi connectivity index (χ3n) is 2.65. The van der Waals surface area contributed by atoms with Gasteiger partial charge in [0.05, 0.1) is 18.5 Å². The van der Waals surface area contributed by atoms with E-state index >= 15 is 0 Å². The Morgan fingerprint density at radius 2 is 1.75 bits per heavy atom. The first-order valence-corrected chi connectivity index (χ1v) is 6.15. The zero-order valence-corrected chi connectivity index (χ0v) is 12.0. The molecule has 0 radical (unpaired) electrons. The maximum Gasteiger partial charge on any atom is 0.322 e. The minimum absolute atomic E-state index is 0.259. The van der Waals surface area contributed by atoms with Gasteiger partial charge in [-0.2, -0.15) is 15.0 Å². The molecule has 2 rings (SSSR count). The molecule has 0 aliphatic heterocycles. The summed E-state index contributed by atoms with van der Waals surface area (Å²) in [6.07, 6.45) is 0. The van der Waals surface area contributed by atoms with Crippen molar-refractivity contribution >= 4 is 23.3 Å². The van der Waals surface area contributed by atoms with E-state index in [1.54, 1.807) is 7.05 Å². The van der Waals surface area contributed by atoms with Gasteiger partial charge in [-0.1, -0.05) is 12.1 Å². The van der Waals surface area contributed by atoms with Gasteiger partial charge in [0.15, 0.2) is 0 Å². The van der Waals surface area contributed by atoms with Gasteiger partial charge in [-0.15, -0.1) is 0 Å². The summed E-state index contributed by atoms with van der Waals surface area (Å²) in [6.45, 7) is 0. The zero-order valence-electron chi connectivity index (χ0n) is 12.0. The Balaban J connectivity index is 2.34. The summed E-state index contributed by atoms with van der Waals surface area (Å²) >= 11 is 0. The van der Waals surface area contributed by atoms with Crippen LogP contribution in [0, 0.1) is 0 Å². The number of nitrogens with one attached hydrogen (secondary N) is 2. The third-order valence-corrected chi connectivity index (χ3v) is 2.65. The number of nitrogens with zero attached hydrogens (tertiary/aromatic N) is 4. The van der Waals surface area contributed by atoms with Gasteiger partial charge in [-0.05, 0) is 12.1 Å². The molecule has 1 heterocycles. The second kappa shape index (κ2) is 6.05. The van der Waals surface area contributed by atoms with E-state index in [0.717, 1.165) is 11.4 Å². The molecule has 2 N–H and O–H groups in total. The molecule has 0 saturated heterocycles. The van der Waals surface area contributed by atoms with Gasteiger partial charge in [0, 0.05) is 21.1 Å². The van der Waals surface area contributed by atoms with Crippen LogP contribution in [0.3, 0.4) is 0 Å². The first kappa shape index (κ1) is 13.9. The summed E-state index contributed by atoms with van der Waals surface area (Å²) in [7, 11) is 7.22. The number of methoxy groups -OCH3 is 1. The van der Waals surface area contributed by atoms with Crippen LogP contribution >= 0.6 is 0 Å². The molecule has 0 unspecified atom stereocenters. The lowest BCUT2D eigenvalue weighted by molar-refractivity contribution is 0.379.